The number of anilines is 1. The van der Waals surface area contributed by atoms with Crippen LogP contribution in [0.1, 0.15) is 63.4 Å². The molecule has 2 aliphatic rings. The van der Waals surface area contributed by atoms with Crippen molar-refractivity contribution < 1.29 is 9.53 Å². The number of amides is 1. The van der Waals surface area contributed by atoms with Gasteiger partial charge in [0.05, 0.1) is 18.2 Å². The summed E-state index contributed by atoms with van der Waals surface area (Å²) < 4.78 is 6.01. The summed E-state index contributed by atoms with van der Waals surface area (Å²) in [4.78, 5) is 12.4. The predicted octanol–water partition coefficient (Wildman–Crippen LogP) is 4.17. The maximum atomic E-state index is 12.4. The quantitative estimate of drug-likeness (QED) is 0.835. The van der Waals surface area contributed by atoms with E-state index in [2.05, 4.69) is 5.32 Å². The zero-order valence-corrected chi connectivity index (χ0v) is 15.1. The van der Waals surface area contributed by atoms with Crippen LogP contribution in [0.2, 0.25) is 0 Å². The Morgan fingerprint density at radius 3 is 2.58 bits per heavy atom. The van der Waals surface area contributed by atoms with E-state index in [9.17, 15) is 4.79 Å². The molecule has 0 bridgehead atoms. The molecule has 0 aromatic heterocycles. The van der Waals surface area contributed by atoms with Gasteiger partial charge in [0.1, 0.15) is 0 Å². The molecule has 1 aromatic rings. The number of halogens is 1. The van der Waals surface area contributed by atoms with Gasteiger partial charge in [-0.15, -0.1) is 12.4 Å². The monoisotopic (exact) mass is 352 g/mol. The number of hydrogen-bond acceptors (Lipinski definition) is 3. The number of ether oxygens (including phenoxy) is 1. The van der Waals surface area contributed by atoms with Crippen molar-refractivity contribution in [2.45, 2.75) is 76.0 Å². The first-order valence-corrected chi connectivity index (χ1v) is 8.97. The van der Waals surface area contributed by atoms with Crippen molar-refractivity contribution in [1.82, 2.24) is 0 Å². The molecule has 5 heteroatoms. The molecule has 0 heterocycles. The fraction of sp³-hybridized carbons (Fsp3) is 0.632. The van der Waals surface area contributed by atoms with E-state index in [0.29, 0.717) is 12.7 Å². The summed E-state index contributed by atoms with van der Waals surface area (Å²) in [5.41, 5.74) is 7.44. The number of hydrogen-bond donors (Lipinski definition) is 2. The van der Waals surface area contributed by atoms with Crippen LogP contribution in [0.25, 0.3) is 0 Å². The normalized spacial score (nSPS) is 20.4. The maximum Gasteiger partial charge on any atom is 0.244 e. The van der Waals surface area contributed by atoms with E-state index in [4.69, 9.17) is 10.5 Å². The van der Waals surface area contributed by atoms with E-state index in [-0.39, 0.29) is 18.3 Å². The van der Waals surface area contributed by atoms with Crippen LogP contribution in [-0.4, -0.2) is 17.6 Å². The Balaban J connectivity index is 0.00000208. The topological polar surface area (TPSA) is 64.4 Å². The Bertz CT molecular complexity index is 538. The number of nitrogens with two attached hydrogens (primary N) is 1. The van der Waals surface area contributed by atoms with Crippen LogP contribution in [0.4, 0.5) is 5.69 Å². The Kier molecular flexibility index (Phi) is 7.08. The average molecular weight is 353 g/mol. The number of benzene rings is 1. The minimum Gasteiger partial charge on any atom is -0.374 e. The van der Waals surface area contributed by atoms with E-state index in [0.717, 1.165) is 36.9 Å². The molecule has 4 nitrogen and oxygen atoms in total. The molecule has 0 aliphatic heterocycles. The molecule has 2 saturated carbocycles. The van der Waals surface area contributed by atoms with Crippen molar-refractivity contribution in [2.24, 2.45) is 5.73 Å². The summed E-state index contributed by atoms with van der Waals surface area (Å²) in [6.45, 7) is 0.613. The SMILES string of the molecule is Cl.NC1(C(=O)Nc2cccc(COC3CCCCC3)c2)CCCC1. The fourth-order valence-corrected chi connectivity index (χ4v) is 3.67. The largest absolute Gasteiger partial charge is 0.374 e. The van der Waals surface area contributed by atoms with E-state index in [1.165, 1.54) is 32.1 Å². The van der Waals surface area contributed by atoms with Crippen molar-refractivity contribution >= 4 is 24.0 Å². The van der Waals surface area contributed by atoms with Crippen molar-refractivity contribution in [3.8, 4) is 0 Å². The number of rotatable bonds is 5. The molecule has 3 N–H and O–H groups in total. The van der Waals surface area contributed by atoms with Crippen LogP contribution < -0.4 is 11.1 Å². The summed E-state index contributed by atoms with van der Waals surface area (Å²) >= 11 is 0. The van der Waals surface area contributed by atoms with Gasteiger partial charge in [0.25, 0.3) is 0 Å². The molecule has 0 radical (unpaired) electrons. The van der Waals surface area contributed by atoms with Gasteiger partial charge in [0, 0.05) is 5.69 Å². The van der Waals surface area contributed by atoms with Gasteiger partial charge in [-0.1, -0.05) is 44.2 Å². The third kappa shape index (κ3) is 4.95. The van der Waals surface area contributed by atoms with Crippen LogP contribution in [-0.2, 0) is 16.1 Å². The van der Waals surface area contributed by atoms with Gasteiger partial charge in [-0.05, 0) is 43.4 Å². The van der Waals surface area contributed by atoms with Gasteiger partial charge in [-0.25, -0.2) is 0 Å². The zero-order chi connectivity index (χ0) is 16.1. The Hall–Kier alpha value is -1.10. The molecular formula is C19H29ClN2O2. The smallest absolute Gasteiger partial charge is 0.244 e. The molecular weight excluding hydrogens is 324 g/mol. The number of carbonyl (C=O) groups is 1. The van der Waals surface area contributed by atoms with Gasteiger partial charge < -0.3 is 15.8 Å². The predicted molar refractivity (Wildman–Crippen MR) is 99.4 cm³/mol. The minimum absolute atomic E-state index is 0. The highest BCUT2D eigenvalue weighted by Gasteiger charge is 2.36. The third-order valence-electron chi connectivity index (χ3n) is 5.17. The van der Waals surface area contributed by atoms with Crippen LogP contribution >= 0.6 is 12.4 Å². The van der Waals surface area contributed by atoms with Crippen molar-refractivity contribution in [2.75, 3.05) is 5.32 Å². The van der Waals surface area contributed by atoms with E-state index >= 15 is 0 Å². The Labute approximate surface area is 150 Å². The molecule has 0 spiro atoms. The molecule has 1 aromatic carbocycles. The molecule has 0 saturated heterocycles. The second-order valence-corrected chi connectivity index (χ2v) is 7.09. The summed E-state index contributed by atoms with van der Waals surface area (Å²) in [5, 5.41) is 2.98. The Morgan fingerprint density at radius 1 is 1.17 bits per heavy atom. The lowest BCUT2D eigenvalue weighted by Crippen LogP contribution is -2.48. The summed E-state index contributed by atoms with van der Waals surface area (Å²) in [6.07, 6.45) is 10.3. The highest BCUT2D eigenvalue weighted by Crippen LogP contribution is 2.28. The molecule has 3 rings (SSSR count). The van der Waals surface area contributed by atoms with E-state index in [1.807, 2.05) is 24.3 Å². The van der Waals surface area contributed by atoms with Gasteiger partial charge in [-0.2, -0.15) is 0 Å². The highest BCUT2D eigenvalue weighted by atomic mass is 35.5. The van der Waals surface area contributed by atoms with Crippen LogP contribution in [0.15, 0.2) is 24.3 Å². The van der Waals surface area contributed by atoms with Gasteiger partial charge >= 0.3 is 0 Å². The average Bonchev–Trinajstić information content (AvgIpc) is 3.02. The molecule has 2 fully saturated rings. The minimum atomic E-state index is -0.686. The van der Waals surface area contributed by atoms with Crippen LogP contribution in [0, 0.1) is 0 Å². The maximum absolute atomic E-state index is 12.4. The van der Waals surface area contributed by atoms with Crippen molar-refractivity contribution in [3.63, 3.8) is 0 Å². The lowest BCUT2D eigenvalue weighted by atomic mass is 9.97. The first kappa shape index (κ1) is 19.2. The summed E-state index contributed by atoms with van der Waals surface area (Å²) in [7, 11) is 0. The fourth-order valence-electron chi connectivity index (χ4n) is 3.67. The van der Waals surface area contributed by atoms with Crippen molar-refractivity contribution in [3.05, 3.63) is 29.8 Å². The van der Waals surface area contributed by atoms with E-state index < -0.39 is 5.54 Å². The van der Waals surface area contributed by atoms with E-state index in [1.54, 1.807) is 0 Å². The lowest BCUT2D eigenvalue weighted by molar-refractivity contribution is -0.121. The van der Waals surface area contributed by atoms with Crippen LogP contribution in [0.5, 0.6) is 0 Å². The van der Waals surface area contributed by atoms with Crippen LogP contribution in [0.3, 0.4) is 0 Å². The number of carbonyl (C=O) groups excluding carboxylic acids is 1. The molecule has 2 aliphatic carbocycles. The number of nitrogens with one attached hydrogen (secondary N) is 1. The second-order valence-electron chi connectivity index (χ2n) is 7.09. The molecule has 0 atom stereocenters. The first-order chi connectivity index (χ1) is 11.2. The molecule has 0 unspecified atom stereocenters. The highest BCUT2D eigenvalue weighted by molar-refractivity contribution is 5.98. The Morgan fingerprint density at radius 2 is 1.88 bits per heavy atom. The van der Waals surface area contributed by atoms with Gasteiger partial charge in [0.15, 0.2) is 0 Å². The zero-order valence-electron chi connectivity index (χ0n) is 14.3. The second kappa shape index (κ2) is 8.84. The van der Waals surface area contributed by atoms with Gasteiger partial charge in [-0.3, -0.25) is 4.79 Å². The standard InChI is InChI=1S/C19H28N2O2.ClH/c20-19(11-4-5-12-19)18(22)21-16-8-6-7-15(13-16)14-23-17-9-2-1-3-10-17;/h6-8,13,17H,1-5,9-12,14,20H2,(H,21,22);1H. The summed E-state index contributed by atoms with van der Waals surface area (Å²) in [5.74, 6) is -0.0552. The first-order valence-electron chi connectivity index (χ1n) is 8.97. The van der Waals surface area contributed by atoms with Crippen molar-refractivity contribution in [1.29, 1.82) is 0 Å². The summed E-state index contributed by atoms with van der Waals surface area (Å²) in [6, 6.07) is 7.93. The van der Waals surface area contributed by atoms with Gasteiger partial charge in [0.2, 0.25) is 5.91 Å². The molecule has 134 valence electrons. The molecule has 1 amide bonds. The lowest BCUT2D eigenvalue weighted by Gasteiger charge is -2.23. The molecule has 24 heavy (non-hydrogen) atoms. The third-order valence-corrected chi connectivity index (χ3v) is 5.17.